The number of hydrogen-bond donors (Lipinski definition) is 4. The summed E-state index contributed by atoms with van der Waals surface area (Å²) in [5.41, 5.74) is -1.71. The molecule has 4 N–H and O–H groups in total. The van der Waals surface area contributed by atoms with E-state index in [1.54, 1.807) is 72.9 Å². The van der Waals surface area contributed by atoms with E-state index in [0.29, 0.717) is 0 Å². The topological polar surface area (TPSA) is 206 Å². The Kier molecular flexibility index (Phi) is 15.5. The minimum absolute atomic E-state index is 0.194. The summed E-state index contributed by atoms with van der Waals surface area (Å²) in [5, 5.41) is 43.4. The van der Waals surface area contributed by atoms with Crippen LogP contribution in [-0.4, -0.2) is 90.9 Å². The van der Waals surface area contributed by atoms with Crippen molar-refractivity contribution in [3.05, 3.63) is 255 Å². The molecule has 0 saturated carbocycles. The first-order valence-corrected chi connectivity index (χ1v) is 28.8. The van der Waals surface area contributed by atoms with E-state index in [1.165, 1.54) is 18.3 Å². The summed E-state index contributed by atoms with van der Waals surface area (Å²) in [4.78, 5) is 56.6. The van der Waals surface area contributed by atoms with Crippen LogP contribution in [0.2, 0.25) is 0 Å². The molecule has 4 aliphatic carbocycles. The lowest BCUT2D eigenvalue weighted by Crippen LogP contribution is -2.57. The number of alkyl halides is 2. The maximum atomic E-state index is 14.2. The molecule has 0 radical (unpaired) electrons. The molecule has 0 fully saturated rings. The second kappa shape index (κ2) is 22.8. The molecule has 0 saturated heterocycles. The third-order valence-electron chi connectivity index (χ3n) is 17.0. The summed E-state index contributed by atoms with van der Waals surface area (Å²) in [7, 11) is 0. The van der Waals surface area contributed by atoms with Crippen LogP contribution in [0.1, 0.15) is 72.1 Å². The monoisotopic (exact) mass is 1160 g/mol. The van der Waals surface area contributed by atoms with E-state index in [-0.39, 0.29) is 101 Å². The van der Waals surface area contributed by atoms with Crippen molar-refractivity contribution in [2.75, 3.05) is 5.34 Å². The first-order valence-electron chi connectivity index (χ1n) is 27.7. The number of nitrogens with zero attached hydrogens (tertiary/aromatic N) is 4. The van der Waals surface area contributed by atoms with Crippen LogP contribution in [0.3, 0.4) is 0 Å². The van der Waals surface area contributed by atoms with Gasteiger partial charge in [0.25, 0.3) is 22.2 Å². The van der Waals surface area contributed by atoms with Gasteiger partial charge in [0.15, 0.2) is 0 Å². The molecule has 4 aliphatic heterocycles. The van der Waals surface area contributed by atoms with Gasteiger partial charge in [0.05, 0.1) is 80.3 Å². The van der Waals surface area contributed by atoms with Gasteiger partial charge in [-0.25, -0.2) is 0 Å². The second-order valence-corrected chi connectivity index (χ2v) is 23.0. The summed E-state index contributed by atoms with van der Waals surface area (Å²) in [5.74, 6) is 0. The van der Waals surface area contributed by atoms with Crippen LogP contribution in [0.15, 0.2) is 189 Å². The Morgan fingerprint density at radius 1 is 0.349 bits per heavy atom. The number of aliphatic hydroxyl groups is 4. The van der Waals surface area contributed by atoms with E-state index >= 15 is 0 Å². The third kappa shape index (κ3) is 10.3. The van der Waals surface area contributed by atoms with Gasteiger partial charge in [-0.3, -0.25) is 37.4 Å². The van der Waals surface area contributed by atoms with Gasteiger partial charge >= 0.3 is 0 Å². The zero-order valence-electron chi connectivity index (χ0n) is 45.1. The van der Waals surface area contributed by atoms with Gasteiger partial charge in [0, 0.05) is 25.7 Å². The van der Waals surface area contributed by atoms with Crippen LogP contribution in [0.4, 0.5) is 0 Å². The number of halogens is 2. The molecule has 0 amide bonds. The highest BCUT2D eigenvalue weighted by Crippen LogP contribution is 2.44. The molecule has 83 heavy (non-hydrogen) atoms. The number of aliphatic hydroxyl groups excluding tert-OH is 4. The highest BCUT2D eigenvalue weighted by Gasteiger charge is 2.53. The van der Waals surface area contributed by atoms with Crippen molar-refractivity contribution in [3.63, 3.8) is 0 Å². The maximum absolute atomic E-state index is 14.2. The maximum Gasteiger partial charge on any atom is 0.275 e. The van der Waals surface area contributed by atoms with Crippen LogP contribution in [0, 0.1) is 0 Å². The SMILES string of the molecule is ClCCl.O=c1c2n(c(=O)c3n1[C@H]1C=C[C@H](O)C[C@@]1(OCc1ccccc1)C=3)[C@H]1C=C[C@H](O)C[C@@]1(OCc1ccccc1)C=2.O=c1c2n(c(=O)c3n1[C@H]1C=C[C@H](O)C[C@@]1(OCc1ccccc1)C=3)[C@H]1C=C[C@H](O)C[C@@]1(OCc1ccccc1)C=2. The van der Waals surface area contributed by atoms with Crippen molar-refractivity contribution in [2.24, 2.45) is 0 Å². The Bertz CT molecular complexity index is 3550. The van der Waals surface area contributed by atoms with Gasteiger partial charge in [0.1, 0.15) is 43.8 Å². The first-order chi connectivity index (χ1) is 40.2. The van der Waals surface area contributed by atoms with Crippen molar-refractivity contribution >= 4 is 47.5 Å². The van der Waals surface area contributed by atoms with Crippen LogP contribution in [-0.2, 0) is 45.4 Å². The predicted octanol–water partition coefficient (Wildman–Crippen LogP) is 3.89. The van der Waals surface area contributed by atoms with Crippen molar-refractivity contribution < 1.29 is 39.4 Å². The quantitative estimate of drug-likeness (QED) is 0.102. The fraction of sp³-hybridized carbons (Fsp3) is 0.323. The van der Waals surface area contributed by atoms with E-state index in [1.807, 2.05) is 121 Å². The van der Waals surface area contributed by atoms with Gasteiger partial charge < -0.3 is 39.4 Å². The summed E-state index contributed by atoms with van der Waals surface area (Å²) >= 11 is 9.53. The molecule has 428 valence electrons. The molecule has 2 aromatic heterocycles. The number of hydrogen-bond acceptors (Lipinski definition) is 12. The molecule has 6 aromatic rings. The Balaban J connectivity index is 0.000000157. The van der Waals surface area contributed by atoms with Crippen molar-refractivity contribution in [1.82, 2.24) is 18.3 Å². The molecule has 0 unspecified atom stereocenters. The molecule has 8 aliphatic rings. The number of benzene rings is 4. The average molecular weight is 1160 g/mol. The number of aromatic nitrogens is 4. The standard InChI is InChI=1S/2C32H30N2O6.CH2Cl2/c2*35-23-11-13-27-31(15-23,39-19-21-7-3-1-4-8-21)17-25-29(37)34-26(30(38)33(25)27)18-32(16-24(36)12-14-28(32)34)40-20-22-9-5-2-6-10-22;2-1-3/h2*1-14,17-18,23-24,27-28,35-36H,15-16,19-20H2;1H2/t2*23-,24-,27-,28-,31+,32+;/m00./s1. The second-order valence-electron chi connectivity index (χ2n) is 22.2. The minimum Gasteiger partial charge on any atom is -0.389 e. The Morgan fingerprint density at radius 2 is 0.542 bits per heavy atom. The van der Waals surface area contributed by atoms with Crippen molar-refractivity contribution in [2.45, 2.75) is 123 Å². The molecule has 12 atom stereocenters. The summed E-state index contributed by atoms with van der Waals surface area (Å²) < 4.78 is 31.8. The Morgan fingerprint density at radius 3 is 0.735 bits per heavy atom. The third-order valence-corrected chi connectivity index (χ3v) is 17.0. The predicted molar refractivity (Wildman–Crippen MR) is 314 cm³/mol. The summed E-state index contributed by atoms with van der Waals surface area (Å²) in [6.07, 6.45) is 18.4. The number of fused-ring (bicyclic) bond motifs is 12. The highest BCUT2D eigenvalue weighted by atomic mass is 35.5. The molecule has 0 bridgehead atoms. The van der Waals surface area contributed by atoms with Gasteiger partial charge in [-0.05, 0) is 46.6 Å². The van der Waals surface area contributed by atoms with E-state index < -0.39 is 71.0 Å². The van der Waals surface area contributed by atoms with E-state index in [2.05, 4.69) is 0 Å². The summed E-state index contributed by atoms with van der Waals surface area (Å²) in [6, 6.07) is 36.4. The fourth-order valence-electron chi connectivity index (χ4n) is 13.3. The number of ether oxygens (including phenoxy) is 4. The van der Waals surface area contributed by atoms with E-state index in [9.17, 15) is 39.6 Å². The summed E-state index contributed by atoms with van der Waals surface area (Å²) in [6.45, 7) is 1.07. The smallest absolute Gasteiger partial charge is 0.275 e. The zero-order chi connectivity index (χ0) is 57.7. The van der Waals surface area contributed by atoms with E-state index in [4.69, 9.17) is 42.1 Å². The van der Waals surface area contributed by atoms with Crippen LogP contribution >= 0.6 is 23.2 Å². The molecular formula is C65H62Cl2N4O12. The van der Waals surface area contributed by atoms with Crippen molar-refractivity contribution in [1.29, 1.82) is 0 Å². The zero-order valence-corrected chi connectivity index (χ0v) is 46.6. The van der Waals surface area contributed by atoms with Gasteiger partial charge in [-0.1, -0.05) is 170 Å². The lowest BCUT2D eigenvalue weighted by molar-refractivity contribution is -0.0567. The fourth-order valence-corrected chi connectivity index (χ4v) is 13.3. The molecular weight excluding hydrogens is 1100 g/mol. The average Bonchev–Trinajstić information content (AvgIpc) is 1.78. The lowest BCUT2D eigenvalue weighted by atomic mass is 9.84. The Labute approximate surface area is 486 Å². The van der Waals surface area contributed by atoms with Crippen molar-refractivity contribution in [3.8, 4) is 0 Å². The Hall–Kier alpha value is -7.06. The van der Waals surface area contributed by atoms with Gasteiger partial charge in [0.2, 0.25) is 0 Å². The molecule has 6 heterocycles. The van der Waals surface area contributed by atoms with Crippen LogP contribution in [0.25, 0.3) is 24.3 Å². The first kappa shape index (κ1) is 56.4. The molecule has 0 spiro atoms. The normalized spacial score (nSPS) is 30.1. The lowest BCUT2D eigenvalue weighted by Gasteiger charge is -2.38. The highest BCUT2D eigenvalue weighted by molar-refractivity contribution is 6.40. The molecule has 16 nitrogen and oxygen atoms in total. The van der Waals surface area contributed by atoms with Gasteiger partial charge in [-0.15, -0.1) is 23.2 Å². The minimum atomic E-state index is -1.05. The van der Waals surface area contributed by atoms with E-state index in [0.717, 1.165) is 22.3 Å². The largest absolute Gasteiger partial charge is 0.389 e. The number of rotatable bonds is 12. The van der Waals surface area contributed by atoms with Crippen LogP contribution in [0.5, 0.6) is 0 Å². The molecule has 4 aromatic carbocycles. The van der Waals surface area contributed by atoms with Gasteiger partial charge in [-0.2, -0.15) is 0 Å². The molecule has 14 rings (SSSR count). The molecule has 18 heteroatoms. The van der Waals surface area contributed by atoms with Crippen LogP contribution < -0.4 is 43.6 Å².